The first-order chi connectivity index (χ1) is 13.3. The van der Waals surface area contributed by atoms with Gasteiger partial charge in [-0.05, 0) is 68.6 Å². The molecule has 1 unspecified atom stereocenters. The van der Waals surface area contributed by atoms with Crippen LogP contribution in [0.5, 0.6) is 0 Å². The van der Waals surface area contributed by atoms with Crippen molar-refractivity contribution < 1.29 is 17.2 Å². The van der Waals surface area contributed by atoms with Gasteiger partial charge in [0.15, 0.2) is 0 Å². The van der Waals surface area contributed by atoms with Gasteiger partial charge in [-0.25, -0.2) is 31.3 Å². The van der Waals surface area contributed by atoms with Gasteiger partial charge < -0.3 is 0 Å². The lowest BCUT2D eigenvalue weighted by Gasteiger charge is -2.38. The Hall–Kier alpha value is -0.960. The maximum absolute atomic E-state index is 14.8. The van der Waals surface area contributed by atoms with Gasteiger partial charge in [-0.15, -0.1) is 0 Å². The van der Waals surface area contributed by atoms with Crippen LogP contribution < -0.4 is 4.72 Å². The van der Waals surface area contributed by atoms with Gasteiger partial charge in [0, 0.05) is 6.54 Å². The van der Waals surface area contributed by atoms with Crippen LogP contribution in [0, 0.1) is 17.1 Å². The third-order valence-electron chi connectivity index (χ3n) is 4.83. The highest BCUT2D eigenvalue weighted by atomic mass is 79.9. The summed E-state index contributed by atoms with van der Waals surface area (Å²) >= 11 is 3.15. The molecule has 2 rings (SSSR count). The summed E-state index contributed by atoms with van der Waals surface area (Å²) in [5, 5.41) is 9.68. The smallest absolute Gasteiger partial charge is 0.146 e. The van der Waals surface area contributed by atoms with Gasteiger partial charge in [0.05, 0.1) is 37.3 Å². The van der Waals surface area contributed by atoms with Crippen LogP contribution in [0.15, 0.2) is 21.1 Å². The molecule has 0 fully saturated rings. The summed E-state index contributed by atoms with van der Waals surface area (Å²) in [7, 11) is -5.15. The summed E-state index contributed by atoms with van der Waals surface area (Å²) in [5.74, 6) is -1.36. The molecule has 4 atom stereocenters. The first-order valence-electron chi connectivity index (χ1n) is 9.02. The number of hydrogen-bond acceptors (Lipinski definition) is 5. The van der Waals surface area contributed by atoms with Gasteiger partial charge in [0.2, 0.25) is 0 Å². The first-order valence-corrected chi connectivity index (χ1v) is 12.6. The van der Waals surface area contributed by atoms with Crippen molar-refractivity contribution >= 4 is 36.6 Å². The van der Waals surface area contributed by atoms with E-state index >= 15 is 0 Å². The Kier molecular flexibility index (Phi) is 7.25. The summed E-state index contributed by atoms with van der Waals surface area (Å²) < 4.78 is 61.1. The number of alkyl halides is 1. The van der Waals surface area contributed by atoms with E-state index in [9.17, 15) is 22.5 Å². The van der Waals surface area contributed by atoms with Gasteiger partial charge in [-0.3, -0.25) is 0 Å². The number of nitrogens with one attached hydrogen (secondary N) is 1. The first kappa shape index (κ1) is 24.3. The highest BCUT2D eigenvalue weighted by Crippen LogP contribution is 2.36. The van der Waals surface area contributed by atoms with Crippen LogP contribution in [0.3, 0.4) is 0 Å². The topological polar surface area (TPSA) is 95.2 Å². The van der Waals surface area contributed by atoms with Crippen LogP contribution in [0.2, 0.25) is 0 Å². The SMILES string of the molecule is CC(C)(C)[S@@](=O)N[C@@](CF)(CS1(=O)=NCCC[C@@]1(C)C#N)c1nc(Br)ccc1F. The van der Waals surface area contributed by atoms with Crippen LogP contribution in [0.4, 0.5) is 8.78 Å². The summed E-state index contributed by atoms with van der Waals surface area (Å²) in [5.41, 5.74) is -2.34. The summed E-state index contributed by atoms with van der Waals surface area (Å²) in [6.45, 7) is 5.57. The van der Waals surface area contributed by atoms with Crippen molar-refractivity contribution in [3.8, 4) is 6.07 Å². The molecule has 0 saturated carbocycles. The van der Waals surface area contributed by atoms with Crippen molar-refractivity contribution in [2.45, 2.75) is 55.6 Å². The number of halogens is 3. The fourth-order valence-electron chi connectivity index (χ4n) is 2.96. The molecule has 1 aliphatic heterocycles. The predicted molar refractivity (Wildman–Crippen MR) is 114 cm³/mol. The van der Waals surface area contributed by atoms with Gasteiger partial charge in [-0.1, -0.05) is 0 Å². The largest absolute Gasteiger partial charge is 0.249 e. The Morgan fingerprint density at radius 1 is 1.45 bits per heavy atom. The van der Waals surface area contributed by atoms with E-state index in [-0.39, 0.29) is 16.8 Å². The second-order valence-electron chi connectivity index (χ2n) is 8.25. The zero-order valence-electron chi connectivity index (χ0n) is 16.8. The second-order valence-corrected chi connectivity index (χ2v) is 13.8. The van der Waals surface area contributed by atoms with Crippen LogP contribution in [-0.2, 0) is 26.3 Å². The maximum atomic E-state index is 14.8. The lowest BCUT2D eigenvalue weighted by Crippen LogP contribution is -2.57. The van der Waals surface area contributed by atoms with E-state index in [1.54, 1.807) is 20.8 Å². The summed E-state index contributed by atoms with van der Waals surface area (Å²) in [4.78, 5) is 4.08. The Morgan fingerprint density at radius 3 is 2.66 bits per heavy atom. The summed E-state index contributed by atoms with van der Waals surface area (Å²) in [6, 6.07) is 4.52. The molecule has 0 saturated heterocycles. The third-order valence-corrected chi connectivity index (χ3v) is 10.1. The number of rotatable bonds is 6. The zero-order chi connectivity index (χ0) is 22.1. The predicted octanol–water partition coefficient (Wildman–Crippen LogP) is 3.74. The Bertz CT molecular complexity index is 970. The van der Waals surface area contributed by atoms with Crippen molar-refractivity contribution in [3.05, 3.63) is 28.2 Å². The van der Waals surface area contributed by atoms with Gasteiger partial charge in [0.1, 0.15) is 33.1 Å². The number of aromatic nitrogens is 1. The highest BCUT2D eigenvalue weighted by Gasteiger charge is 2.49. The standard InChI is InChI=1S/C18H25BrF2N4O2S2/c1-16(2,3)28(26)25-18(10-20,15-13(21)6-7-14(19)24-15)12-29(27)17(4,11-22)8-5-9-23-29/h6-7,25H,5,8-10,12H2,1-4H3/t17-,18-,28+,29?/m0/s1. The van der Waals surface area contributed by atoms with Crippen molar-refractivity contribution in [1.29, 1.82) is 5.26 Å². The highest BCUT2D eigenvalue weighted by molar-refractivity contribution is 9.10. The molecule has 6 nitrogen and oxygen atoms in total. The minimum Gasteiger partial charge on any atom is -0.249 e. The minimum absolute atomic E-state index is 0.244. The molecule has 0 aliphatic carbocycles. The molecule has 0 amide bonds. The zero-order valence-corrected chi connectivity index (χ0v) is 20.0. The lowest BCUT2D eigenvalue weighted by molar-refractivity contribution is 0.296. The molecule has 29 heavy (non-hydrogen) atoms. The fraction of sp³-hybridized carbons (Fsp3) is 0.667. The maximum Gasteiger partial charge on any atom is 0.146 e. The van der Waals surface area contributed by atoms with Gasteiger partial charge in [0.25, 0.3) is 0 Å². The number of pyridine rings is 1. The van der Waals surface area contributed by atoms with E-state index in [1.165, 1.54) is 13.0 Å². The number of nitriles is 1. The summed E-state index contributed by atoms with van der Waals surface area (Å²) in [6.07, 6.45) is 0.902. The van der Waals surface area contributed by atoms with Gasteiger partial charge in [-0.2, -0.15) is 5.26 Å². The van der Waals surface area contributed by atoms with Crippen molar-refractivity contribution in [3.63, 3.8) is 0 Å². The van der Waals surface area contributed by atoms with E-state index < -0.39 is 54.0 Å². The molecule has 0 spiro atoms. The van der Waals surface area contributed by atoms with Gasteiger partial charge >= 0.3 is 0 Å². The van der Waals surface area contributed by atoms with E-state index in [0.29, 0.717) is 12.8 Å². The molecule has 11 heteroatoms. The molecule has 1 aromatic heterocycles. The van der Waals surface area contributed by atoms with E-state index in [4.69, 9.17) is 0 Å². The molecule has 1 aliphatic rings. The van der Waals surface area contributed by atoms with Crippen LogP contribution in [0.25, 0.3) is 0 Å². The Morgan fingerprint density at radius 2 is 2.10 bits per heavy atom. The van der Waals surface area contributed by atoms with E-state index in [1.807, 2.05) is 0 Å². The molecule has 2 heterocycles. The lowest BCUT2D eigenvalue weighted by atomic mass is 9.99. The molecule has 0 aromatic carbocycles. The van der Waals surface area contributed by atoms with Crippen LogP contribution >= 0.6 is 15.9 Å². The molecule has 1 aromatic rings. The average molecular weight is 511 g/mol. The van der Waals surface area contributed by atoms with Crippen LogP contribution in [-0.4, -0.2) is 41.9 Å². The van der Waals surface area contributed by atoms with Crippen molar-refractivity contribution in [2.24, 2.45) is 4.36 Å². The Balaban J connectivity index is 2.72. The van der Waals surface area contributed by atoms with E-state index in [2.05, 4.69) is 36.1 Å². The van der Waals surface area contributed by atoms with Crippen molar-refractivity contribution in [1.82, 2.24) is 9.71 Å². The molecule has 0 bridgehead atoms. The molecular weight excluding hydrogens is 486 g/mol. The monoisotopic (exact) mass is 510 g/mol. The molecular formula is C18H25BrF2N4O2S2. The fourth-order valence-corrected chi connectivity index (χ4v) is 6.92. The van der Waals surface area contributed by atoms with Crippen molar-refractivity contribution in [2.75, 3.05) is 19.0 Å². The normalized spacial score (nSPS) is 28.1. The number of hydrogen-bond donors (Lipinski definition) is 1. The quantitative estimate of drug-likeness (QED) is 0.589. The number of nitrogens with zero attached hydrogens (tertiary/aromatic N) is 3. The molecule has 0 radical (unpaired) electrons. The minimum atomic E-state index is -3.31. The second kappa shape index (κ2) is 8.65. The van der Waals surface area contributed by atoms with E-state index in [0.717, 1.165) is 6.07 Å². The molecule has 162 valence electrons. The third kappa shape index (κ3) is 4.86. The average Bonchev–Trinajstić information content (AvgIpc) is 2.65. The molecule has 1 N–H and O–H groups in total. The Labute approximate surface area is 181 Å². The van der Waals surface area contributed by atoms with Crippen LogP contribution in [0.1, 0.15) is 46.2 Å².